The average Bonchev–Trinajstić information content (AvgIpc) is 2.73. The first kappa shape index (κ1) is 12.8. The lowest BCUT2D eigenvalue weighted by atomic mass is 10.1. The third-order valence-electron chi connectivity index (χ3n) is 2.27. The molecule has 1 aromatic carbocycles. The molecule has 0 bridgehead atoms. The molecule has 0 atom stereocenters. The molecule has 2 aromatic rings. The topological polar surface area (TPSA) is 64.3 Å². The summed E-state index contributed by atoms with van der Waals surface area (Å²) in [6.07, 6.45) is 1.60. The molecule has 18 heavy (non-hydrogen) atoms. The summed E-state index contributed by atoms with van der Waals surface area (Å²) in [4.78, 5) is 11.0. The summed E-state index contributed by atoms with van der Waals surface area (Å²) in [6.45, 7) is 0.0338. The Kier molecular flexibility index (Phi) is 3.78. The number of hydrogen-bond acceptors (Lipinski definition) is 4. The molecule has 1 N–H and O–H groups in total. The fraction of sp³-hybridized carbons (Fsp3) is 0.0909. The van der Waals surface area contributed by atoms with Crippen LogP contribution in [0.2, 0.25) is 5.02 Å². The molecule has 0 spiro atoms. The first-order chi connectivity index (χ1) is 8.58. The molecular weight excluding hydrogens is 276 g/mol. The van der Waals surface area contributed by atoms with Gasteiger partial charge in [0, 0.05) is 22.8 Å². The van der Waals surface area contributed by atoms with Gasteiger partial charge in [0.2, 0.25) is 5.88 Å². The first-order valence-electron chi connectivity index (χ1n) is 4.96. The smallest absolute Gasteiger partial charge is 0.336 e. The fourth-order valence-electron chi connectivity index (χ4n) is 1.43. The molecule has 1 aromatic heterocycles. The van der Waals surface area contributed by atoms with Crippen LogP contribution in [0.25, 0.3) is 0 Å². The van der Waals surface area contributed by atoms with Crippen molar-refractivity contribution in [3.8, 4) is 5.88 Å². The Bertz CT molecular complexity index is 585. The van der Waals surface area contributed by atoms with Gasteiger partial charge in [0.15, 0.2) is 0 Å². The van der Waals surface area contributed by atoms with Crippen LogP contribution in [-0.4, -0.2) is 20.3 Å². The maximum Gasteiger partial charge on any atom is 0.336 e. The third kappa shape index (κ3) is 2.77. The molecule has 94 valence electrons. The van der Waals surface area contributed by atoms with Crippen LogP contribution in [-0.2, 0) is 6.61 Å². The minimum atomic E-state index is -1.05. The van der Waals surface area contributed by atoms with E-state index in [0.29, 0.717) is 16.5 Å². The van der Waals surface area contributed by atoms with Crippen molar-refractivity contribution in [3.05, 3.63) is 46.6 Å². The monoisotopic (exact) mass is 284 g/mol. The van der Waals surface area contributed by atoms with Gasteiger partial charge in [-0.3, -0.25) is 0 Å². The zero-order chi connectivity index (χ0) is 13.1. The largest absolute Gasteiger partial charge is 0.478 e. The molecule has 0 saturated carbocycles. The van der Waals surface area contributed by atoms with Gasteiger partial charge < -0.3 is 9.84 Å². The van der Waals surface area contributed by atoms with E-state index in [1.807, 2.05) is 0 Å². The molecule has 0 saturated heterocycles. The Morgan fingerprint density at radius 1 is 1.50 bits per heavy atom. The highest BCUT2D eigenvalue weighted by molar-refractivity contribution is 7.78. The summed E-state index contributed by atoms with van der Waals surface area (Å²) in [5.74, 6) is -0.697. The van der Waals surface area contributed by atoms with Crippen LogP contribution in [0.4, 0.5) is 0 Å². The quantitative estimate of drug-likeness (QED) is 0.847. The van der Waals surface area contributed by atoms with Crippen molar-refractivity contribution < 1.29 is 14.6 Å². The Balaban J connectivity index is 2.20. The van der Waals surface area contributed by atoms with Gasteiger partial charge in [-0.25, -0.2) is 8.88 Å². The Hall–Kier alpha value is -1.66. The van der Waals surface area contributed by atoms with Gasteiger partial charge in [-0.1, -0.05) is 17.7 Å². The van der Waals surface area contributed by atoms with Crippen LogP contribution < -0.4 is 4.74 Å². The van der Waals surface area contributed by atoms with Gasteiger partial charge >= 0.3 is 5.97 Å². The van der Waals surface area contributed by atoms with E-state index in [1.165, 1.54) is 10.2 Å². The number of nitrogens with zero attached hydrogens (tertiary/aromatic N) is 2. The molecule has 0 aliphatic carbocycles. The first-order valence-corrected chi connectivity index (χ1v) is 5.74. The van der Waals surface area contributed by atoms with Crippen molar-refractivity contribution in [3.63, 3.8) is 0 Å². The van der Waals surface area contributed by atoms with E-state index < -0.39 is 5.97 Å². The molecular formula is C11H9ClN2O3S. The number of ether oxygens (including phenoxy) is 1. The normalized spacial score (nSPS) is 10.3. The van der Waals surface area contributed by atoms with Gasteiger partial charge in [0.1, 0.15) is 6.61 Å². The zero-order valence-corrected chi connectivity index (χ0v) is 10.7. The Morgan fingerprint density at radius 2 is 2.28 bits per heavy atom. The minimum absolute atomic E-state index is 0.0338. The second-order valence-corrected chi connectivity index (χ2v) is 4.25. The summed E-state index contributed by atoms with van der Waals surface area (Å²) in [6, 6.07) is 6.29. The highest BCUT2D eigenvalue weighted by atomic mass is 35.5. The molecule has 0 radical (unpaired) electrons. The van der Waals surface area contributed by atoms with Gasteiger partial charge in [-0.05, 0) is 24.9 Å². The van der Waals surface area contributed by atoms with Gasteiger partial charge in [0.25, 0.3) is 0 Å². The number of carboxylic acid groups (broad SMARTS) is 1. The van der Waals surface area contributed by atoms with E-state index in [0.717, 1.165) is 0 Å². The van der Waals surface area contributed by atoms with Gasteiger partial charge in [-0.2, -0.15) is 0 Å². The van der Waals surface area contributed by atoms with Gasteiger partial charge in [0.05, 0.1) is 5.56 Å². The standard InChI is InChI=1S/C11H9ClN2O3S/c12-9-3-1-2-7(11(15)16)8(9)6-17-10-4-5-14(18)13-10/h1-5,18H,6H2,(H,15,16). The van der Waals surface area contributed by atoms with E-state index in [4.69, 9.17) is 21.4 Å². The second kappa shape index (κ2) is 5.32. The number of carbonyl (C=O) groups is 1. The summed E-state index contributed by atoms with van der Waals surface area (Å²) >= 11 is 9.92. The Morgan fingerprint density at radius 3 is 2.89 bits per heavy atom. The van der Waals surface area contributed by atoms with Crippen LogP contribution in [0.5, 0.6) is 5.88 Å². The second-order valence-electron chi connectivity index (χ2n) is 3.43. The summed E-state index contributed by atoms with van der Waals surface area (Å²) < 4.78 is 6.65. The van der Waals surface area contributed by atoms with E-state index in [1.54, 1.807) is 24.4 Å². The number of carboxylic acids is 1. The summed E-state index contributed by atoms with van der Waals surface area (Å²) in [7, 11) is 0. The van der Waals surface area contributed by atoms with Crippen LogP contribution in [0, 0.1) is 0 Å². The SMILES string of the molecule is O=C(O)c1cccc(Cl)c1COc1ccn(S)n1. The van der Waals surface area contributed by atoms with Crippen molar-refractivity contribution in [2.24, 2.45) is 0 Å². The van der Waals surface area contributed by atoms with Crippen LogP contribution in [0.15, 0.2) is 30.5 Å². The number of hydrogen-bond donors (Lipinski definition) is 2. The van der Waals surface area contributed by atoms with Crippen molar-refractivity contribution in [1.29, 1.82) is 0 Å². The van der Waals surface area contributed by atoms with Gasteiger partial charge in [-0.15, -0.1) is 5.10 Å². The molecule has 0 unspecified atom stereocenters. The molecule has 0 fully saturated rings. The predicted molar refractivity (Wildman–Crippen MR) is 69.4 cm³/mol. The summed E-state index contributed by atoms with van der Waals surface area (Å²) in [5, 5.41) is 13.3. The van der Waals surface area contributed by atoms with Crippen molar-refractivity contribution in [2.75, 3.05) is 0 Å². The van der Waals surface area contributed by atoms with Crippen molar-refractivity contribution in [1.82, 2.24) is 9.19 Å². The lowest BCUT2D eigenvalue weighted by Crippen LogP contribution is -2.06. The number of benzene rings is 1. The number of aromatic carboxylic acids is 1. The fourth-order valence-corrected chi connectivity index (χ4v) is 1.81. The highest BCUT2D eigenvalue weighted by Crippen LogP contribution is 2.22. The molecule has 1 heterocycles. The molecule has 7 heteroatoms. The van der Waals surface area contributed by atoms with E-state index >= 15 is 0 Å². The number of aromatic nitrogens is 2. The Labute approximate surface area is 113 Å². The van der Waals surface area contributed by atoms with Crippen LogP contribution >= 0.6 is 24.4 Å². The molecule has 0 aliphatic heterocycles. The predicted octanol–water partition coefficient (Wildman–Crippen LogP) is 2.51. The zero-order valence-electron chi connectivity index (χ0n) is 9.08. The van der Waals surface area contributed by atoms with Crippen molar-refractivity contribution >= 4 is 30.4 Å². The van der Waals surface area contributed by atoms with Crippen LogP contribution in [0.1, 0.15) is 15.9 Å². The maximum absolute atomic E-state index is 11.0. The highest BCUT2D eigenvalue weighted by Gasteiger charge is 2.14. The average molecular weight is 285 g/mol. The molecule has 5 nitrogen and oxygen atoms in total. The maximum atomic E-state index is 11.0. The number of thiol groups is 1. The minimum Gasteiger partial charge on any atom is -0.478 e. The van der Waals surface area contributed by atoms with Crippen molar-refractivity contribution in [2.45, 2.75) is 6.61 Å². The third-order valence-corrected chi connectivity index (χ3v) is 2.84. The molecule has 0 amide bonds. The lowest BCUT2D eigenvalue weighted by Gasteiger charge is -2.08. The molecule has 0 aliphatic rings. The van der Waals surface area contributed by atoms with Crippen LogP contribution in [0.3, 0.4) is 0 Å². The molecule has 2 rings (SSSR count). The number of rotatable bonds is 4. The lowest BCUT2D eigenvalue weighted by molar-refractivity contribution is 0.0694. The number of halogens is 1. The summed E-state index contributed by atoms with van der Waals surface area (Å²) in [5.41, 5.74) is 0.535. The van der Waals surface area contributed by atoms with E-state index in [9.17, 15) is 4.79 Å². The van der Waals surface area contributed by atoms with E-state index in [2.05, 4.69) is 17.9 Å². The van der Waals surface area contributed by atoms with E-state index in [-0.39, 0.29) is 12.2 Å².